The zero-order chi connectivity index (χ0) is 7.56. The minimum atomic E-state index is 0.0773. The second-order valence-electron chi connectivity index (χ2n) is 1.52. The molecule has 0 radical (unpaired) electrons. The molecule has 0 aliphatic carbocycles. The van der Waals surface area contributed by atoms with Gasteiger partial charge in [0.05, 0.1) is 6.20 Å². The fraction of sp³-hybridized carbons (Fsp3) is 0. The summed E-state index contributed by atoms with van der Waals surface area (Å²) in [7, 11) is 0. The van der Waals surface area contributed by atoms with Gasteiger partial charge >= 0.3 is 0 Å². The van der Waals surface area contributed by atoms with Crippen LogP contribution in [0.5, 0.6) is 0 Å². The van der Waals surface area contributed by atoms with Gasteiger partial charge in [0.15, 0.2) is 5.82 Å². The molecule has 10 heavy (non-hydrogen) atoms. The van der Waals surface area contributed by atoms with Crippen molar-refractivity contribution in [2.45, 2.75) is 0 Å². The number of halogens is 1. The van der Waals surface area contributed by atoms with Crippen molar-refractivity contribution in [2.75, 3.05) is 5.73 Å². The molecule has 0 aromatic carbocycles. The molecular formula is C5H3ClN4. The van der Waals surface area contributed by atoms with Crippen molar-refractivity contribution in [2.24, 2.45) is 0 Å². The average molecular weight is 155 g/mol. The van der Waals surface area contributed by atoms with E-state index in [1.54, 1.807) is 0 Å². The summed E-state index contributed by atoms with van der Waals surface area (Å²) in [6.07, 6.45) is 1.27. The lowest BCUT2D eigenvalue weighted by Gasteiger charge is -1.90. The fourth-order valence-corrected chi connectivity index (χ4v) is 0.557. The van der Waals surface area contributed by atoms with Gasteiger partial charge in [0.1, 0.15) is 0 Å². The molecule has 1 aromatic rings. The van der Waals surface area contributed by atoms with E-state index in [1.807, 2.05) is 0 Å². The molecule has 0 amide bonds. The van der Waals surface area contributed by atoms with Crippen molar-refractivity contribution >= 4 is 23.2 Å². The van der Waals surface area contributed by atoms with Crippen molar-refractivity contribution in [1.29, 1.82) is 0 Å². The molecule has 4 nitrogen and oxygen atoms in total. The zero-order valence-corrected chi connectivity index (χ0v) is 5.63. The summed E-state index contributed by atoms with van der Waals surface area (Å²) in [5, 5.41) is 0.0773. The molecule has 1 rings (SSSR count). The normalized spacial score (nSPS) is 8.80. The van der Waals surface area contributed by atoms with Crippen LogP contribution in [-0.4, -0.2) is 9.97 Å². The smallest absolute Gasteiger partial charge is 0.289 e. The van der Waals surface area contributed by atoms with Crippen LogP contribution in [0.25, 0.3) is 4.85 Å². The standard InChI is InChI=1S/C5H3ClN4/c1-8-3-2-9-5(7)4(6)10-3/h2H,(H2,7,9). The third kappa shape index (κ3) is 1.14. The number of nitrogen functional groups attached to an aromatic ring is 1. The number of hydrogen-bond acceptors (Lipinski definition) is 3. The molecule has 0 saturated carbocycles. The van der Waals surface area contributed by atoms with E-state index in [0.717, 1.165) is 0 Å². The van der Waals surface area contributed by atoms with E-state index in [1.165, 1.54) is 6.20 Å². The lowest BCUT2D eigenvalue weighted by atomic mass is 10.6. The highest BCUT2D eigenvalue weighted by molar-refractivity contribution is 6.31. The van der Waals surface area contributed by atoms with Gasteiger partial charge in [0.25, 0.3) is 11.0 Å². The van der Waals surface area contributed by atoms with Crippen molar-refractivity contribution in [3.8, 4) is 0 Å². The molecule has 1 aromatic heterocycles. The van der Waals surface area contributed by atoms with Crippen molar-refractivity contribution < 1.29 is 0 Å². The Balaban J connectivity index is 3.20. The van der Waals surface area contributed by atoms with E-state index in [0.29, 0.717) is 0 Å². The fourth-order valence-electron chi connectivity index (χ4n) is 0.421. The number of nitrogens with two attached hydrogens (primary N) is 1. The maximum atomic E-state index is 6.53. The monoisotopic (exact) mass is 154 g/mol. The Morgan fingerprint density at radius 1 is 1.70 bits per heavy atom. The number of hydrogen-bond donors (Lipinski definition) is 1. The predicted molar refractivity (Wildman–Crippen MR) is 37.7 cm³/mol. The summed E-state index contributed by atoms with van der Waals surface area (Å²) >= 11 is 5.45. The first-order valence-electron chi connectivity index (χ1n) is 2.39. The highest BCUT2D eigenvalue weighted by Crippen LogP contribution is 2.15. The summed E-state index contributed by atoms with van der Waals surface area (Å²) in [6, 6.07) is 0. The van der Waals surface area contributed by atoms with E-state index >= 15 is 0 Å². The van der Waals surface area contributed by atoms with Crippen LogP contribution in [0, 0.1) is 6.57 Å². The van der Waals surface area contributed by atoms with E-state index in [-0.39, 0.29) is 16.8 Å². The van der Waals surface area contributed by atoms with Crippen LogP contribution < -0.4 is 5.73 Å². The highest BCUT2D eigenvalue weighted by Gasteiger charge is 2.02. The zero-order valence-electron chi connectivity index (χ0n) is 4.87. The number of rotatable bonds is 0. The van der Waals surface area contributed by atoms with Crippen LogP contribution >= 0.6 is 11.6 Å². The highest BCUT2D eigenvalue weighted by atomic mass is 35.5. The average Bonchev–Trinajstić information content (AvgIpc) is 1.95. The second-order valence-corrected chi connectivity index (χ2v) is 1.87. The molecule has 2 N–H and O–H groups in total. The summed E-state index contributed by atoms with van der Waals surface area (Å²) in [4.78, 5) is 10.2. The molecule has 0 atom stereocenters. The summed E-state index contributed by atoms with van der Waals surface area (Å²) in [6.45, 7) is 6.53. The first-order valence-corrected chi connectivity index (χ1v) is 2.77. The van der Waals surface area contributed by atoms with E-state index in [2.05, 4.69) is 14.8 Å². The third-order valence-electron chi connectivity index (χ3n) is 0.858. The van der Waals surface area contributed by atoms with Crippen LogP contribution in [0.3, 0.4) is 0 Å². The van der Waals surface area contributed by atoms with E-state index < -0.39 is 0 Å². The maximum absolute atomic E-state index is 6.53. The Morgan fingerprint density at radius 3 is 2.90 bits per heavy atom. The Labute approximate surface area is 62.5 Å². The molecule has 0 saturated heterocycles. The van der Waals surface area contributed by atoms with E-state index in [9.17, 15) is 0 Å². The van der Waals surface area contributed by atoms with Crippen molar-refractivity contribution in [3.05, 3.63) is 22.8 Å². The number of aromatic nitrogens is 2. The molecule has 0 aliphatic heterocycles. The Morgan fingerprint density at radius 2 is 2.40 bits per heavy atom. The van der Waals surface area contributed by atoms with Gasteiger partial charge < -0.3 is 10.6 Å². The van der Waals surface area contributed by atoms with Gasteiger partial charge in [-0.25, -0.2) is 4.98 Å². The molecule has 50 valence electrons. The molecule has 0 aliphatic rings. The quantitative estimate of drug-likeness (QED) is 0.573. The largest absolute Gasteiger partial charge is 0.379 e. The second kappa shape index (κ2) is 2.50. The SMILES string of the molecule is [C-]#[N+]c1cnc(N)c(Cl)n1. The van der Waals surface area contributed by atoms with Gasteiger partial charge in [0, 0.05) is 0 Å². The minimum absolute atomic E-state index is 0.0773. The number of nitrogens with zero attached hydrogens (tertiary/aromatic N) is 3. The Bertz CT molecular complexity index is 290. The van der Waals surface area contributed by atoms with Gasteiger partial charge in [-0.05, 0) is 11.6 Å². The van der Waals surface area contributed by atoms with Crippen molar-refractivity contribution in [1.82, 2.24) is 9.97 Å². The summed E-state index contributed by atoms with van der Waals surface area (Å²) < 4.78 is 0. The van der Waals surface area contributed by atoms with Gasteiger partial charge in [-0.1, -0.05) is 6.57 Å². The van der Waals surface area contributed by atoms with Crippen LogP contribution in [0.4, 0.5) is 11.6 Å². The summed E-state index contributed by atoms with van der Waals surface area (Å²) in [5.74, 6) is 0.299. The van der Waals surface area contributed by atoms with Crippen LogP contribution in [0.15, 0.2) is 6.20 Å². The Kier molecular flexibility index (Phi) is 1.69. The lowest BCUT2D eigenvalue weighted by molar-refractivity contribution is 1.23. The maximum Gasteiger partial charge on any atom is 0.289 e. The molecule has 0 fully saturated rings. The molecular weight excluding hydrogens is 152 g/mol. The first-order chi connectivity index (χ1) is 4.74. The van der Waals surface area contributed by atoms with Gasteiger partial charge in [-0.3, -0.25) is 0 Å². The number of anilines is 1. The molecule has 0 unspecified atom stereocenters. The third-order valence-corrected chi connectivity index (χ3v) is 1.14. The van der Waals surface area contributed by atoms with Crippen LogP contribution in [0.2, 0.25) is 5.15 Å². The topological polar surface area (TPSA) is 56.2 Å². The van der Waals surface area contributed by atoms with Crippen LogP contribution in [-0.2, 0) is 0 Å². The minimum Gasteiger partial charge on any atom is -0.379 e. The Hall–Kier alpha value is -1.34. The van der Waals surface area contributed by atoms with Gasteiger partial charge in [-0.15, -0.1) is 4.98 Å². The van der Waals surface area contributed by atoms with Crippen molar-refractivity contribution in [3.63, 3.8) is 0 Å². The summed E-state index contributed by atoms with van der Waals surface area (Å²) in [5.41, 5.74) is 5.23. The molecule has 0 spiro atoms. The van der Waals surface area contributed by atoms with Crippen LogP contribution in [0.1, 0.15) is 0 Å². The molecule has 5 heteroatoms. The molecule has 0 bridgehead atoms. The predicted octanol–water partition coefficient (Wildman–Crippen LogP) is 1.26. The van der Waals surface area contributed by atoms with E-state index in [4.69, 9.17) is 23.9 Å². The molecule has 1 heterocycles. The van der Waals surface area contributed by atoms with Gasteiger partial charge in [-0.2, -0.15) is 0 Å². The lowest BCUT2D eigenvalue weighted by Crippen LogP contribution is -1.91. The first kappa shape index (κ1) is 6.78. The van der Waals surface area contributed by atoms with Gasteiger partial charge in [0.2, 0.25) is 0 Å².